The zero-order valence-electron chi connectivity index (χ0n) is 46.2. The van der Waals surface area contributed by atoms with Gasteiger partial charge < -0.3 is 0 Å². The van der Waals surface area contributed by atoms with E-state index >= 15 is 0 Å². The molecule has 0 N–H and O–H groups in total. The fraction of sp³-hybridized carbons (Fsp3) is 0.0833. The van der Waals surface area contributed by atoms with Crippen LogP contribution in [0.1, 0.15) is 77.9 Å². The Morgan fingerprint density at radius 1 is 0.384 bits per heavy atom. The first kappa shape index (κ1) is 52.0. The van der Waals surface area contributed by atoms with Crippen molar-refractivity contribution in [2.75, 3.05) is 0 Å². The number of allylic oxidation sites excluding steroid dienone is 2. The van der Waals surface area contributed by atoms with Gasteiger partial charge in [-0.25, -0.2) is 0 Å². The van der Waals surface area contributed by atoms with E-state index in [1.54, 1.807) is 34.8 Å². The molecule has 404 valence electrons. The van der Waals surface area contributed by atoms with Crippen LogP contribution in [0.5, 0.6) is 0 Å². The number of fused-ring (bicyclic) bond motifs is 13. The summed E-state index contributed by atoms with van der Waals surface area (Å²) in [6.07, 6.45) is 3.18. The smallest absolute Gasteiger partial charge is 0.130 e. The Balaban J connectivity index is 0.976. The van der Waals surface area contributed by atoms with E-state index in [0.717, 1.165) is 66.1 Å². The molecule has 14 aromatic rings. The van der Waals surface area contributed by atoms with Crippen molar-refractivity contribution in [2.24, 2.45) is 0 Å². The third-order valence-electron chi connectivity index (χ3n) is 17.3. The summed E-state index contributed by atoms with van der Waals surface area (Å²) in [6.45, 7) is 8.66. The fourth-order valence-corrected chi connectivity index (χ4v) is 19.9. The molecule has 0 unspecified atom stereocenters. The lowest BCUT2D eigenvalue weighted by Crippen LogP contribution is -2.29. The molecule has 2 aliphatic rings. The minimum Gasteiger partial charge on any atom is -0.192 e. The Hall–Kier alpha value is -9.58. The SMILES string of the molecule is Cc1ccc(C2(c3ccc(C)cc3)c3cc4cc(-c5ccc(C=C(C#N)C#N)c6nsnc56)sc4cc3-c3sc4c5c(sc4c32)-c2cc3sc(-c4ccc(C=C(C#N)C#N)c6nsnc46)cc3cc2C5(c2ccc(C)cc2)c2ccc(C)cc2)cc1. The summed E-state index contributed by atoms with van der Waals surface area (Å²) in [6, 6.07) is 67.3. The van der Waals surface area contributed by atoms with Gasteiger partial charge in [-0.1, -0.05) is 144 Å². The van der Waals surface area contributed by atoms with Gasteiger partial charge in [-0.05, 0) is 132 Å². The quantitative estimate of drug-likeness (QED) is 0.137. The Kier molecular flexibility index (Phi) is 11.8. The molecule has 16 rings (SSSR count). The number of rotatable bonds is 8. The van der Waals surface area contributed by atoms with E-state index in [1.807, 2.05) is 71.2 Å². The van der Waals surface area contributed by atoms with Crippen LogP contribution in [0.3, 0.4) is 0 Å². The van der Waals surface area contributed by atoms with Crippen LogP contribution in [0.15, 0.2) is 169 Å². The molecular weight excluding hydrogens is 1170 g/mol. The van der Waals surface area contributed by atoms with Crippen LogP contribution in [-0.2, 0) is 10.8 Å². The minimum atomic E-state index is -0.712. The number of nitrogens with zero attached hydrogens (tertiary/aromatic N) is 8. The average Bonchev–Trinajstić information content (AvgIpc) is 1.50. The van der Waals surface area contributed by atoms with Gasteiger partial charge in [0.25, 0.3) is 0 Å². The van der Waals surface area contributed by atoms with E-state index in [1.165, 1.54) is 106 Å². The molecule has 0 fully saturated rings. The molecule has 0 spiro atoms. The molecule has 0 saturated carbocycles. The summed E-state index contributed by atoms with van der Waals surface area (Å²) in [7, 11) is 0. The number of thiophene rings is 4. The predicted octanol–water partition coefficient (Wildman–Crippen LogP) is 19.6. The Morgan fingerprint density at radius 3 is 1.06 bits per heavy atom. The topological polar surface area (TPSA) is 147 Å². The van der Waals surface area contributed by atoms with E-state index < -0.39 is 10.8 Å². The summed E-state index contributed by atoms with van der Waals surface area (Å²) in [5.74, 6) is 0. The molecule has 0 atom stereocenters. The van der Waals surface area contributed by atoms with Crippen molar-refractivity contribution in [1.82, 2.24) is 17.5 Å². The van der Waals surface area contributed by atoms with Crippen LogP contribution < -0.4 is 0 Å². The lowest BCUT2D eigenvalue weighted by atomic mass is 9.66. The molecule has 86 heavy (non-hydrogen) atoms. The van der Waals surface area contributed by atoms with Gasteiger partial charge in [-0.15, -0.1) is 45.3 Å². The van der Waals surface area contributed by atoms with Gasteiger partial charge in [0.2, 0.25) is 0 Å². The average molecular weight is 1210 g/mol. The molecule has 0 saturated heterocycles. The summed E-state index contributed by atoms with van der Waals surface area (Å²) in [4.78, 5) is 4.69. The first-order chi connectivity index (χ1) is 42.0. The van der Waals surface area contributed by atoms with Crippen molar-refractivity contribution in [3.63, 3.8) is 0 Å². The van der Waals surface area contributed by atoms with Gasteiger partial charge in [0.1, 0.15) is 57.5 Å². The maximum Gasteiger partial charge on any atom is 0.130 e. The van der Waals surface area contributed by atoms with Crippen LogP contribution in [0.4, 0.5) is 0 Å². The number of aryl methyl sites for hydroxylation is 4. The van der Waals surface area contributed by atoms with E-state index in [4.69, 9.17) is 8.75 Å². The number of aromatic nitrogens is 4. The van der Waals surface area contributed by atoms with Crippen LogP contribution in [-0.4, -0.2) is 17.5 Å². The second kappa shape index (κ2) is 19.5. The van der Waals surface area contributed by atoms with Crippen LogP contribution in [0.2, 0.25) is 0 Å². The highest BCUT2D eigenvalue weighted by molar-refractivity contribution is 7.32. The summed E-state index contributed by atoms with van der Waals surface area (Å²) < 4.78 is 23.8. The molecule has 0 amide bonds. The van der Waals surface area contributed by atoms with Crippen LogP contribution in [0, 0.1) is 73.0 Å². The van der Waals surface area contributed by atoms with Crippen molar-refractivity contribution in [1.29, 1.82) is 21.0 Å². The van der Waals surface area contributed by atoms with Crippen molar-refractivity contribution >= 4 is 133 Å². The van der Waals surface area contributed by atoms with Gasteiger partial charge in [-0.3, -0.25) is 0 Å². The van der Waals surface area contributed by atoms with Crippen molar-refractivity contribution in [3.05, 3.63) is 247 Å². The second-order valence-electron chi connectivity index (χ2n) is 22.2. The molecule has 0 bridgehead atoms. The van der Waals surface area contributed by atoms with Gasteiger partial charge in [-0.2, -0.15) is 38.5 Å². The standard InChI is InChI=1S/C72H40N8S6/c1-37-5-15-47(16-6-37)71(48-17-7-38(2)8-18-48)55-27-45-29-59(51-23-13-43(25-41(33-73)34-74)63-65(51)79-85-77-63)81-57(45)31-53(55)67-61(71)69-70(83-67)62-68(84-69)54-32-58-46(28-56(54)72(62,49-19-9-39(3)10-20-49)50-21-11-40(4)12-22-50)30-60(82-58)52-24-14-44(26-42(35-75)36-76)64-66(52)80-86-78-64/h5-32H,1-4H3. The monoisotopic (exact) mass is 1210 g/mol. The van der Waals surface area contributed by atoms with Crippen LogP contribution in [0.25, 0.3) is 106 Å². The van der Waals surface area contributed by atoms with Gasteiger partial charge in [0.15, 0.2) is 0 Å². The third kappa shape index (κ3) is 7.43. The molecule has 14 heteroatoms. The van der Waals surface area contributed by atoms with Crippen molar-refractivity contribution in [2.45, 2.75) is 38.5 Å². The zero-order chi connectivity index (χ0) is 58.3. The maximum atomic E-state index is 9.63. The molecule has 0 radical (unpaired) electrons. The largest absolute Gasteiger partial charge is 0.192 e. The molecule has 6 heterocycles. The Morgan fingerprint density at radius 2 is 0.721 bits per heavy atom. The van der Waals surface area contributed by atoms with Crippen molar-refractivity contribution in [3.8, 4) is 66.0 Å². The molecule has 2 aliphatic carbocycles. The molecule has 8 nitrogen and oxygen atoms in total. The fourth-order valence-electron chi connectivity index (χ4n) is 13.3. The van der Waals surface area contributed by atoms with Gasteiger partial charge >= 0.3 is 0 Å². The molecular formula is C72H40N8S6. The van der Waals surface area contributed by atoms with E-state index in [0.29, 0.717) is 22.2 Å². The number of hydrogen-bond donors (Lipinski definition) is 0. The van der Waals surface area contributed by atoms with Crippen molar-refractivity contribution < 1.29 is 0 Å². The van der Waals surface area contributed by atoms with Gasteiger partial charge in [0.05, 0.1) is 43.7 Å². The highest BCUT2D eigenvalue weighted by Crippen LogP contribution is 2.69. The first-order valence-corrected chi connectivity index (χ1v) is 32.4. The predicted molar refractivity (Wildman–Crippen MR) is 355 cm³/mol. The third-order valence-corrected chi connectivity index (χ3v) is 23.3. The van der Waals surface area contributed by atoms with E-state index in [-0.39, 0.29) is 11.1 Å². The van der Waals surface area contributed by atoms with E-state index in [2.05, 4.69) is 170 Å². The second-order valence-corrected chi connectivity index (χ2v) is 27.5. The number of nitriles is 4. The number of benzene rings is 8. The van der Waals surface area contributed by atoms with E-state index in [9.17, 15) is 21.0 Å². The molecule has 8 aromatic carbocycles. The molecule has 0 aliphatic heterocycles. The van der Waals surface area contributed by atoms with Gasteiger partial charge in [0, 0.05) is 62.3 Å². The summed E-state index contributed by atoms with van der Waals surface area (Å²) in [5.41, 5.74) is 22.0. The lowest BCUT2D eigenvalue weighted by molar-refractivity contribution is 0.774. The lowest BCUT2D eigenvalue weighted by Gasteiger charge is -2.34. The zero-order valence-corrected chi connectivity index (χ0v) is 51.1. The summed E-state index contributed by atoms with van der Waals surface area (Å²) >= 11 is 9.66. The normalized spacial score (nSPS) is 13.3. The first-order valence-electron chi connectivity index (χ1n) is 27.6. The molecule has 6 aromatic heterocycles. The summed E-state index contributed by atoms with van der Waals surface area (Å²) in [5, 5.41) is 40.8. The highest BCUT2D eigenvalue weighted by atomic mass is 32.1. The highest BCUT2D eigenvalue weighted by Gasteiger charge is 2.54. The van der Waals surface area contributed by atoms with Crippen LogP contribution >= 0.6 is 68.8 Å². The Labute approximate surface area is 518 Å². The Bertz CT molecular complexity index is 5030. The number of hydrogen-bond acceptors (Lipinski definition) is 14. The maximum absolute atomic E-state index is 9.63. The minimum absolute atomic E-state index is 0.0163.